The monoisotopic (exact) mass is 273 g/mol. The van der Waals surface area contributed by atoms with Crippen molar-refractivity contribution in [3.05, 3.63) is 20.8 Å². The predicted octanol–water partition coefficient (Wildman–Crippen LogP) is 2.23. The molecule has 1 atom stereocenters. The Morgan fingerprint density at radius 2 is 2.50 bits per heavy atom. The molecule has 1 aromatic heterocycles. The van der Waals surface area contributed by atoms with Gasteiger partial charge in [-0.15, -0.1) is 11.3 Å². The number of rotatable bonds is 2. The Kier molecular flexibility index (Phi) is 3.36. The van der Waals surface area contributed by atoms with Crippen molar-refractivity contribution in [2.75, 3.05) is 13.1 Å². The van der Waals surface area contributed by atoms with E-state index in [2.05, 4.69) is 32.7 Å². The predicted molar refractivity (Wildman–Crippen MR) is 61.7 cm³/mol. The third-order valence-electron chi connectivity index (χ3n) is 2.55. The van der Waals surface area contributed by atoms with E-state index in [4.69, 9.17) is 0 Å². The average Bonchev–Trinajstić information content (AvgIpc) is 2.56. The fourth-order valence-electron chi connectivity index (χ4n) is 1.72. The van der Waals surface area contributed by atoms with Gasteiger partial charge in [0.1, 0.15) is 5.78 Å². The molecule has 1 N–H and O–H groups in total. The van der Waals surface area contributed by atoms with Crippen molar-refractivity contribution in [3.8, 4) is 0 Å². The lowest BCUT2D eigenvalue weighted by atomic mass is 9.92. The summed E-state index contributed by atoms with van der Waals surface area (Å²) in [7, 11) is 0. The van der Waals surface area contributed by atoms with Crippen LogP contribution < -0.4 is 5.32 Å². The Morgan fingerprint density at radius 1 is 1.64 bits per heavy atom. The maximum atomic E-state index is 11.6. The van der Waals surface area contributed by atoms with E-state index in [1.54, 1.807) is 11.3 Å². The van der Waals surface area contributed by atoms with Crippen molar-refractivity contribution >= 4 is 33.0 Å². The number of carbonyl (C=O) groups excluding carboxylic acids is 1. The second-order valence-electron chi connectivity index (χ2n) is 3.54. The zero-order valence-corrected chi connectivity index (χ0v) is 10.2. The van der Waals surface area contributed by atoms with Gasteiger partial charge in [-0.3, -0.25) is 4.79 Å². The summed E-state index contributed by atoms with van der Waals surface area (Å²) in [4.78, 5) is 11.6. The highest BCUT2D eigenvalue weighted by Crippen LogP contribution is 2.26. The van der Waals surface area contributed by atoms with E-state index in [0.29, 0.717) is 12.2 Å². The van der Waals surface area contributed by atoms with Crippen LogP contribution >= 0.6 is 27.3 Å². The van der Waals surface area contributed by atoms with E-state index in [-0.39, 0.29) is 5.92 Å². The molecule has 0 aromatic carbocycles. The molecule has 2 nitrogen and oxygen atoms in total. The second-order valence-corrected chi connectivity index (χ2v) is 5.78. The van der Waals surface area contributed by atoms with Crippen molar-refractivity contribution in [2.45, 2.75) is 12.8 Å². The summed E-state index contributed by atoms with van der Waals surface area (Å²) in [6.45, 7) is 1.68. The molecule has 1 aliphatic heterocycles. The summed E-state index contributed by atoms with van der Waals surface area (Å²) >= 11 is 5.18. The highest BCUT2D eigenvalue weighted by Gasteiger charge is 2.22. The highest BCUT2D eigenvalue weighted by atomic mass is 79.9. The van der Waals surface area contributed by atoms with Crippen LogP contribution in [0.15, 0.2) is 15.2 Å². The van der Waals surface area contributed by atoms with Gasteiger partial charge in [0, 0.05) is 25.4 Å². The fourth-order valence-corrected chi connectivity index (χ4v) is 2.99. The molecule has 76 valence electrons. The SMILES string of the molecule is O=C1CCNCC1Cc1ccsc1Br. The average molecular weight is 274 g/mol. The zero-order valence-electron chi connectivity index (χ0n) is 7.75. The van der Waals surface area contributed by atoms with Gasteiger partial charge < -0.3 is 5.32 Å². The van der Waals surface area contributed by atoms with Crippen LogP contribution in [-0.4, -0.2) is 18.9 Å². The number of hydrogen-bond acceptors (Lipinski definition) is 3. The maximum Gasteiger partial charge on any atom is 0.138 e. The van der Waals surface area contributed by atoms with Crippen LogP contribution in [0.2, 0.25) is 0 Å². The first-order valence-corrected chi connectivity index (χ1v) is 6.40. The number of carbonyl (C=O) groups is 1. The zero-order chi connectivity index (χ0) is 9.97. The highest BCUT2D eigenvalue weighted by molar-refractivity contribution is 9.11. The minimum atomic E-state index is 0.176. The molecule has 0 spiro atoms. The van der Waals surface area contributed by atoms with E-state index in [1.165, 1.54) is 5.56 Å². The lowest BCUT2D eigenvalue weighted by Crippen LogP contribution is -2.37. The molecule has 1 unspecified atom stereocenters. The van der Waals surface area contributed by atoms with Crippen LogP contribution in [0, 0.1) is 5.92 Å². The van der Waals surface area contributed by atoms with Crippen molar-refractivity contribution in [2.24, 2.45) is 5.92 Å². The molecule has 2 rings (SSSR count). The van der Waals surface area contributed by atoms with E-state index in [9.17, 15) is 4.79 Å². The van der Waals surface area contributed by atoms with E-state index >= 15 is 0 Å². The number of thiophene rings is 1. The molecular weight excluding hydrogens is 262 g/mol. The van der Waals surface area contributed by atoms with Crippen LogP contribution in [0.3, 0.4) is 0 Å². The van der Waals surface area contributed by atoms with Crippen molar-refractivity contribution < 1.29 is 4.79 Å². The Balaban J connectivity index is 2.03. The first-order chi connectivity index (χ1) is 6.77. The van der Waals surface area contributed by atoms with Crippen molar-refractivity contribution in [3.63, 3.8) is 0 Å². The summed E-state index contributed by atoms with van der Waals surface area (Å²) in [6, 6.07) is 2.09. The van der Waals surface area contributed by atoms with Crippen LogP contribution in [0.5, 0.6) is 0 Å². The summed E-state index contributed by atoms with van der Waals surface area (Å²) in [6.07, 6.45) is 1.56. The summed E-state index contributed by atoms with van der Waals surface area (Å²) in [5.41, 5.74) is 1.26. The third-order valence-corrected chi connectivity index (χ3v) is 4.37. The van der Waals surface area contributed by atoms with Crippen molar-refractivity contribution in [1.29, 1.82) is 0 Å². The van der Waals surface area contributed by atoms with E-state index < -0.39 is 0 Å². The molecule has 1 fully saturated rings. The Morgan fingerprint density at radius 3 is 3.14 bits per heavy atom. The Labute approximate surface area is 95.8 Å². The lowest BCUT2D eigenvalue weighted by Gasteiger charge is -2.21. The van der Waals surface area contributed by atoms with Crippen LogP contribution in [0.25, 0.3) is 0 Å². The van der Waals surface area contributed by atoms with Gasteiger partial charge >= 0.3 is 0 Å². The molecule has 1 saturated heterocycles. The molecule has 14 heavy (non-hydrogen) atoms. The second kappa shape index (κ2) is 4.55. The van der Waals surface area contributed by atoms with Crippen LogP contribution in [0.1, 0.15) is 12.0 Å². The van der Waals surface area contributed by atoms with Gasteiger partial charge in [-0.1, -0.05) is 0 Å². The van der Waals surface area contributed by atoms with E-state index in [1.807, 2.05) is 0 Å². The number of nitrogens with one attached hydrogen (secondary N) is 1. The number of Topliss-reactive ketones (excluding diaryl/α,β-unsaturated/α-hetero) is 1. The van der Waals surface area contributed by atoms with Gasteiger partial charge in [0.25, 0.3) is 0 Å². The number of hydrogen-bond donors (Lipinski definition) is 1. The summed E-state index contributed by atoms with van der Waals surface area (Å²) in [5, 5.41) is 5.32. The van der Waals surface area contributed by atoms with Gasteiger partial charge in [0.05, 0.1) is 3.79 Å². The first kappa shape index (κ1) is 10.3. The molecule has 0 saturated carbocycles. The molecule has 2 heterocycles. The Bertz CT molecular complexity index is 337. The smallest absolute Gasteiger partial charge is 0.138 e. The number of ketones is 1. The normalized spacial score (nSPS) is 22.6. The number of halogens is 1. The Hall–Kier alpha value is -0.190. The van der Waals surface area contributed by atoms with Crippen LogP contribution in [-0.2, 0) is 11.2 Å². The quantitative estimate of drug-likeness (QED) is 0.896. The molecule has 0 amide bonds. The molecule has 1 aliphatic rings. The van der Waals surface area contributed by atoms with E-state index in [0.717, 1.165) is 23.3 Å². The minimum absolute atomic E-state index is 0.176. The fraction of sp³-hybridized carbons (Fsp3) is 0.500. The molecule has 0 aliphatic carbocycles. The summed E-state index contributed by atoms with van der Waals surface area (Å²) in [5.74, 6) is 0.580. The molecule has 4 heteroatoms. The molecule has 0 bridgehead atoms. The topological polar surface area (TPSA) is 29.1 Å². The maximum absolute atomic E-state index is 11.6. The minimum Gasteiger partial charge on any atom is -0.316 e. The van der Waals surface area contributed by atoms with Crippen molar-refractivity contribution in [1.82, 2.24) is 5.32 Å². The number of piperidine rings is 1. The lowest BCUT2D eigenvalue weighted by molar-refractivity contribution is -0.123. The molecular formula is C10H12BrNOS. The standard InChI is InChI=1S/C10H12BrNOS/c11-10-7(2-4-14-10)5-8-6-12-3-1-9(8)13/h2,4,8,12H,1,3,5-6H2. The van der Waals surface area contributed by atoms with Gasteiger partial charge in [-0.2, -0.15) is 0 Å². The third kappa shape index (κ3) is 2.24. The van der Waals surface area contributed by atoms with Crippen LogP contribution in [0.4, 0.5) is 0 Å². The molecule has 1 aromatic rings. The molecule has 0 radical (unpaired) electrons. The van der Waals surface area contributed by atoms with Gasteiger partial charge in [0.2, 0.25) is 0 Å². The van der Waals surface area contributed by atoms with Gasteiger partial charge in [-0.05, 0) is 39.4 Å². The summed E-state index contributed by atoms with van der Waals surface area (Å²) < 4.78 is 1.16. The first-order valence-electron chi connectivity index (χ1n) is 4.72. The van der Waals surface area contributed by atoms with Gasteiger partial charge in [-0.25, -0.2) is 0 Å². The largest absolute Gasteiger partial charge is 0.316 e. The van der Waals surface area contributed by atoms with Gasteiger partial charge in [0.15, 0.2) is 0 Å².